The maximum Gasteiger partial charge on any atom is 0.311 e. The average Bonchev–Trinajstić information content (AvgIpc) is 2.72. The van der Waals surface area contributed by atoms with Gasteiger partial charge in [-0.1, -0.05) is 18.2 Å². The van der Waals surface area contributed by atoms with Gasteiger partial charge in [0.05, 0.1) is 0 Å². The maximum absolute atomic E-state index is 11.7. The summed E-state index contributed by atoms with van der Waals surface area (Å²) in [7, 11) is 0. The second-order valence-corrected chi connectivity index (χ2v) is 6.25. The number of esters is 1. The monoisotopic (exact) mass is 370 g/mol. The minimum absolute atomic E-state index is 0.266. The molecule has 0 saturated carbocycles. The van der Waals surface area contributed by atoms with E-state index in [0.717, 1.165) is 22.7 Å². The zero-order valence-electron chi connectivity index (χ0n) is 15.5. The van der Waals surface area contributed by atoms with Gasteiger partial charge >= 0.3 is 5.97 Å². The lowest BCUT2D eigenvalue weighted by Crippen LogP contribution is -2.07. The lowest BCUT2D eigenvalue weighted by Gasteiger charge is -2.10. The summed E-state index contributed by atoms with van der Waals surface area (Å²) in [6.07, 6.45) is 6.73. The van der Waals surface area contributed by atoms with Crippen LogP contribution in [-0.4, -0.2) is 5.97 Å². The van der Waals surface area contributed by atoms with Gasteiger partial charge in [-0.3, -0.25) is 4.79 Å². The molecule has 28 heavy (non-hydrogen) atoms. The molecule has 3 aromatic carbocycles. The number of carbonyl (C=O) groups excluding carboxylic acids is 1. The van der Waals surface area contributed by atoms with E-state index in [-0.39, 0.29) is 5.97 Å². The number of rotatable bonds is 8. The Morgan fingerprint density at radius 3 is 1.82 bits per heavy atom. The number of hydrogen-bond donors (Lipinski definition) is 2. The molecule has 0 atom stereocenters. The van der Waals surface area contributed by atoms with Gasteiger partial charge in [0.1, 0.15) is 5.75 Å². The normalized spacial score (nSPS) is 9.96. The highest BCUT2D eigenvalue weighted by atomic mass is 16.5. The second-order valence-electron chi connectivity index (χ2n) is 6.25. The van der Waals surface area contributed by atoms with Gasteiger partial charge in [-0.05, 0) is 67.1 Å². The van der Waals surface area contributed by atoms with E-state index in [4.69, 9.17) is 11.2 Å². The highest BCUT2D eigenvalue weighted by Crippen LogP contribution is 2.23. The van der Waals surface area contributed by atoms with Crippen LogP contribution in [0.4, 0.5) is 22.7 Å². The van der Waals surface area contributed by atoms with Crippen LogP contribution >= 0.6 is 0 Å². The number of hydrogen-bond acceptors (Lipinski definition) is 4. The van der Waals surface area contributed by atoms with Crippen LogP contribution < -0.4 is 15.4 Å². The summed E-state index contributed by atoms with van der Waals surface area (Å²) < 4.78 is 5.29. The van der Waals surface area contributed by atoms with Crippen molar-refractivity contribution in [2.75, 3.05) is 10.6 Å². The number of para-hydroxylation sites is 1. The summed E-state index contributed by atoms with van der Waals surface area (Å²) in [5, 5.41) is 6.68. The Morgan fingerprint density at radius 2 is 1.29 bits per heavy atom. The minimum Gasteiger partial charge on any atom is -0.427 e. The topological polar surface area (TPSA) is 50.4 Å². The summed E-state index contributed by atoms with van der Waals surface area (Å²) >= 11 is 0. The summed E-state index contributed by atoms with van der Waals surface area (Å²) in [4.78, 5) is 11.7. The molecule has 0 aromatic heterocycles. The fourth-order valence-corrected chi connectivity index (χ4v) is 2.62. The Kier molecular flexibility index (Phi) is 6.70. The standard InChI is InChI=1S/C24H22N2O2/c1-2-3-5-10-24(27)28-23-17-15-22(16-18-23)26-21-13-11-20(12-14-21)25-19-8-6-4-7-9-19/h1,4,6-9,11-18,25-26H,3,5,10H2. The number of benzene rings is 3. The molecule has 0 aliphatic carbocycles. The maximum atomic E-state index is 11.7. The van der Waals surface area contributed by atoms with Gasteiger partial charge in [-0.15, -0.1) is 12.3 Å². The van der Waals surface area contributed by atoms with Crippen LogP contribution in [0.25, 0.3) is 0 Å². The van der Waals surface area contributed by atoms with E-state index in [1.54, 1.807) is 12.1 Å². The molecule has 4 nitrogen and oxygen atoms in total. The van der Waals surface area contributed by atoms with Gasteiger partial charge in [-0.25, -0.2) is 0 Å². The predicted molar refractivity (Wildman–Crippen MR) is 114 cm³/mol. The molecule has 2 N–H and O–H groups in total. The van der Waals surface area contributed by atoms with Gasteiger partial charge in [0.25, 0.3) is 0 Å². The molecule has 0 fully saturated rings. The molecule has 0 unspecified atom stereocenters. The molecule has 0 spiro atoms. The van der Waals surface area contributed by atoms with E-state index in [9.17, 15) is 4.79 Å². The number of unbranched alkanes of at least 4 members (excludes halogenated alkanes) is 1. The van der Waals surface area contributed by atoms with Crippen molar-refractivity contribution in [3.8, 4) is 18.1 Å². The van der Waals surface area contributed by atoms with Gasteiger partial charge in [0, 0.05) is 35.6 Å². The van der Waals surface area contributed by atoms with Crippen molar-refractivity contribution < 1.29 is 9.53 Å². The van der Waals surface area contributed by atoms with Crippen LogP contribution in [0.2, 0.25) is 0 Å². The Balaban J connectivity index is 1.52. The van der Waals surface area contributed by atoms with Crippen molar-refractivity contribution in [2.24, 2.45) is 0 Å². The molecule has 3 rings (SSSR count). The van der Waals surface area contributed by atoms with Gasteiger partial charge in [0.15, 0.2) is 0 Å². The van der Waals surface area contributed by atoms with Crippen LogP contribution in [0.15, 0.2) is 78.9 Å². The first-order valence-electron chi connectivity index (χ1n) is 9.16. The summed E-state index contributed by atoms with van der Waals surface area (Å²) in [5.74, 6) is 2.77. The van der Waals surface area contributed by atoms with E-state index in [2.05, 4.69) is 16.6 Å². The number of nitrogens with one attached hydrogen (secondary N) is 2. The van der Waals surface area contributed by atoms with Crippen molar-refractivity contribution in [2.45, 2.75) is 19.3 Å². The van der Waals surface area contributed by atoms with Crippen molar-refractivity contribution in [3.63, 3.8) is 0 Å². The minimum atomic E-state index is -0.266. The van der Waals surface area contributed by atoms with E-state index in [1.165, 1.54) is 0 Å². The van der Waals surface area contributed by atoms with Gasteiger partial charge < -0.3 is 15.4 Å². The summed E-state index contributed by atoms with van der Waals surface area (Å²) in [5.41, 5.74) is 3.95. The Hall–Kier alpha value is -3.71. The average molecular weight is 370 g/mol. The molecule has 0 bridgehead atoms. The predicted octanol–water partition coefficient (Wildman–Crippen LogP) is 5.88. The molecule has 0 saturated heterocycles. The van der Waals surface area contributed by atoms with Gasteiger partial charge in [0.2, 0.25) is 0 Å². The molecule has 4 heteroatoms. The first-order chi connectivity index (χ1) is 13.7. The fraction of sp³-hybridized carbons (Fsp3) is 0.125. The van der Waals surface area contributed by atoms with Crippen LogP contribution in [0.1, 0.15) is 19.3 Å². The number of terminal acetylenes is 1. The molecule has 0 amide bonds. The third-order valence-electron chi connectivity index (χ3n) is 4.02. The second kappa shape index (κ2) is 9.84. The Labute approximate surface area is 165 Å². The smallest absolute Gasteiger partial charge is 0.311 e. The lowest BCUT2D eigenvalue weighted by atomic mass is 10.2. The molecular formula is C24H22N2O2. The molecule has 140 valence electrons. The Morgan fingerprint density at radius 1 is 0.786 bits per heavy atom. The van der Waals surface area contributed by atoms with Crippen LogP contribution in [0, 0.1) is 12.3 Å². The van der Waals surface area contributed by atoms with Crippen LogP contribution in [0.3, 0.4) is 0 Å². The zero-order chi connectivity index (χ0) is 19.6. The first-order valence-corrected chi connectivity index (χ1v) is 9.16. The van der Waals surface area contributed by atoms with Crippen LogP contribution in [-0.2, 0) is 4.79 Å². The fourth-order valence-electron chi connectivity index (χ4n) is 2.62. The molecule has 3 aromatic rings. The third-order valence-corrected chi connectivity index (χ3v) is 4.02. The van der Waals surface area contributed by atoms with Crippen molar-refractivity contribution >= 4 is 28.7 Å². The SMILES string of the molecule is C#CCCCC(=O)Oc1ccc(Nc2ccc(Nc3ccccc3)cc2)cc1. The molecule has 0 radical (unpaired) electrons. The number of carbonyl (C=O) groups is 1. The summed E-state index contributed by atoms with van der Waals surface area (Å²) in [6.45, 7) is 0. The van der Waals surface area contributed by atoms with E-state index >= 15 is 0 Å². The molecule has 0 heterocycles. The summed E-state index contributed by atoms with van der Waals surface area (Å²) in [6, 6.07) is 25.4. The largest absolute Gasteiger partial charge is 0.427 e. The molecule has 0 aliphatic rings. The molecule has 0 aliphatic heterocycles. The van der Waals surface area contributed by atoms with Gasteiger partial charge in [-0.2, -0.15) is 0 Å². The van der Waals surface area contributed by atoms with E-state index < -0.39 is 0 Å². The highest BCUT2D eigenvalue weighted by molar-refractivity contribution is 5.73. The Bertz CT molecular complexity index is 927. The van der Waals surface area contributed by atoms with Crippen LogP contribution in [0.5, 0.6) is 5.75 Å². The zero-order valence-corrected chi connectivity index (χ0v) is 15.5. The number of ether oxygens (including phenoxy) is 1. The third kappa shape index (κ3) is 5.93. The lowest BCUT2D eigenvalue weighted by molar-refractivity contribution is -0.134. The quantitative estimate of drug-likeness (QED) is 0.225. The first kappa shape index (κ1) is 19.1. The highest BCUT2D eigenvalue weighted by Gasteiger charge is 2.04. The van der Waals surface area contributed by atoms with Crippen molar-refractivity contribution in [3.05, 3.63) is 78.9 Å². The number of anilines is 4. The van der Waals surface area contributed by atoms with E-state index in [1.807, 2.05) is 66.7 Å². The molecular weight excluding hydrogens is 348 g/mol. The van der Waals surface area contributed by atoms with Crippen molar-refractivity contribution in [1.82, 2.24) is 0 Å². The van der Waals surface area contributed by atoms with E-state index in [0.29, 0.717) is 25.0 Å². The van der Waals surface area contributed by atoms with Crippen molar-refractivity contribution in [1.29, 1.82) is 0 Å².